The predicted octanol–water partition coefficient (Wildman–Crippen LogP) is 5.20. The molecule has 0 saturated carbocycles. The molecule has 1 N–H and O–H groups in total. The summed E-state index contributed by atoms with van der Waals surface area (Å²) >= 11 is 1.80. The molecule has 2 aromatic carbocycles. The molecule has 21 heavy (non-hydrogen) atoms. The van der Waals surface area contributed by atoms with Crippen LogP contribution in [0.15, 0.2) is 72.1 Å². The molecule has 106 valence electrons. The molecule has 0 aliphatic rings. The molecule has 0 radical (unpaired) electrons. The van der Waals surface area contributed by atoms with Gasteiger partial charge in [-0.2, -0.15) is 0 Å². The van der Waals surface area contributed by atoms with Gasteiger partial charge in [0.2, 0.25) is 0 Å². The molecule has 0 bridgehead atoms. The molecular formula is C18H17NOS. The van der Waals surface area contributed by atoms with Crippen molar-refractivity contribution in [3.8, 4) is 11.5 Å². The summed E-state index contributed by atoms with van der Waals surface area (Å²) in [5, 5.41) is 5.54. The summed E-state index contributed by atoms with van der Waals surface area (Å²) in [6.07, 6.45) is 1.06. The summed E-state index contributed by atoms with van der Waals surface area (Å²) < 4.78 is 5.77. The van der Waals surface area contributed by atoms with Crippen LogP contribution >= 0.6 is 11.3 Å². The van der Waals surface area contributed by atoms with Crippen LogP contribution in [0.5, 0.6) is 11.5 Å². The van der Waals surface area contributed by atoms with Crippen LogP contribution in [-0.2, 0) is 6.42 Å². The molecule has 0 atom stereocenters. The van der Waals surface area contributed by atoms with Gasteiger partial charge in [-0.1, -0.05) is 24.3 Å². The van der Waals surface area contributed by atoms with Crippen molar-refractivity contribution in [3.05, 3.63) is 77.0 Å². The summed E-state index contributed by atoms with van der Waals surface area (Å²) in [4.78, 5) is 1.41. The third-order valence-corrected chi connectivity index (χ3v) is 4.05. The Morgan fingerprint density at radius 2 is 1.57 bits per heavy atom. The molecule has 0 aliphatic carbocycles. The van der Waals surface area contributed by atoms with E-state index in [9.17, 15) is 0 Å². The summed E-state index contributed by atoms with van der Waals surface area (Å²) in [5.41, 5.74) is 1.12. The van der Waals surface area contributed by atoms with Gasteiger partial charge in [0.1, 0.15) is 11.5 Å². The van der Waals surface area contributed by atoms with Crippen molar-refractivity contribution in [2.75, 3.05) is 11.9 Å². The molecule has 0 spiro atoms. The Hall–Kier alpha value is -2.26. The Kier molecular flexibility index (Phi) is 4.54. The highest BCUT2D eigenvalue weighted by Crippen LogP contribution is 2.22. The second kappa shape index (κ2) is 6.95. The number of nitrogens with one attached hydrogen (secondary N) is 1. The first-order valence-corrected chi connectivity index (χ1v) is 7.87. The predicted molar refractivity (Wildman–Crippen MR) is 89.5 cm³/mol. The van der Waals surface area contributed by atoms with E-state index >= 15 is 0 Å². The van der Waals surface area contributed by atoms with Crippen LogP contribution in [-0.4, -0.2) is 6.54 Å². The lowest BCUT2D eigenvalue weighted by atomic mass is 10.3. The van der Waals surface area contributed by atoms with E-state index in [1.807, 2.05) is 54.6 Å². The fraction of sp³-hybridized carbons (Fsp3) is 0.111. The second-order valence-corrected chi connectivity index (χ2v) is 5.73. The quantitative estimate of drug-likeness (QED) is 0.675. The zero-order valence-electron chi connectivity index (χ0n) is 11.7. The van der Waals surface area contributed by atoms with Gasteiger partial charge in [-0.15, -0.1) is 11.3 Å². The Morgan fingerprint density at radius 1 is 0.810 bits per heavy atom. The fourth-order valence-corrected chi connectivity index (χ4v) is 2.76. The molecule has 0 saturated heterocycles. The highest BCUT2D eigenvalue weighted by atomic mass is 32.1. The van der Waals surface area contributed by atoms with Crippen LogP contribution in [0, 0.1) is 0 Å². The minimum Gasteiger partial charge on any atom is -0.457 e. The van der Waals surface area contributed by atoms with Crippen LogP contribution in [0.4, 0.5) is 5.69 Å². The van der Waals surface area contributed by atoms with Crippen molar-refractivity contribution in [2.24, 2.45) is 0 Å². The zero-order valence-corrected chi connectivity index (χ0v) is 12.5. The van der Waals surface area contributed by atoms with E-state index in [0.717, 1.165) is 30.2 Å². The molecular weight excluding hydrogens is 278 g/mol. The summed E-state index contributed by atoms with van der Waals surface area (Å²) in [7, 11) is 0. The van der Waals surface area contributed by atoms with E-state index in [0.29, 0.717) is 0 Å². The topological polar surface area (TPSA) is 21.3 Å². The second-order valence-electron chi connectivity index (χ2n) is 4.70. The maximum Gasteiger partial charge on any atom is 0.127 e. The Balaban J connectivity index is 1.52. The van der Waals surface area contributed by atoms with E-state index in [2.05, 4.69) is 22.8 Å². The lowest BCUT2D eigenvalue weighted by molar-refractivity contribution is 0.483. The summed E-state index contributed by atoms with van der Waals surface area (Å²) in [6.45, 7) is 0.944. The molecule has 1 heterocycles. The standard InChI is InChI=1S/C18H17NOS/c1-2-5-16(6-3-1)20-17-10-8-15(9-11-17)19-13-12-18-7-4-14-21-18/h1-11,14,19H,12-13H2. The van der Waals surface area contributed by atoms with Gasteiger partial charge in [0.05, 0.1) is 0 Å². The lowest BCUT2D eigenvalue weighted by Crippen LogP contribution is -2.03. The Labute approximate surface area is 129 Å². The highest BCUT2D eigenvalue weighted by molar-refractivity contribution is 7.09. The SMILES string of the molecule is c1ccc(Oc2ccc(NCCc3cccs3)cc2)cc1. The maximum atomic E-state index is 5.77. The van der Waals surface area contributed by atoms with Crippen molar-refractivity contribution < 1.29 is 4.74 Å². The smallest absolute Gasteiger partial charge is 0.127 e. The van der Waals surface area contributed by atoms with Gasteiger partial charge in [0, 0.05) is 17.1 Å². The van der Waals surface area contributed by atoms with Gasteiger partial charge in [0.15, 0.2) is 0 Å². The molecule has 0 unspecified atom stereocenters. The first-order chi connectivity index (χ1) is 10.4. The van der Waals surface area contributed by atoms with E-state index in [4.69, 9.17) is 4.74 Å². The van der Waals surface area contributed by atoms with Crippen LogP contribution in [0.3, 0.4) is 0 Å². The van der Waals surface area contributed by atoms with E-state index < -0.39 is 0 Å². The molecule has 0 amide bonds. The minimum atomic E-state index is 0.852. The van der Waals surface area contributed by atoms with Gasteiger partial charge >= 0.3 is 0 Å². The number of hydrogen-bond donors (Lipinski definition) is 1. The van der Waals surface area contributed by atoms with Gasteiger partial charge in [-0.05, 0) is 54.3 Å². The Bertz CT molecular complexity index is 647. The van der Waals surface area contributed by atoms with Crippen molar-refractivity contribution in [2.45, 2.75) is 6.42 Å². The molecule has 0 aliphatic heterocycles. The average Bonchev–Trinajstić information content (AvgIpc) is 3.03. The van der Waals surface area contributed by atoms with Crippen LogP contribution in [0.2, 0.25) is 0 Å². The van der Waals surface area contributed by atoms with Crippen LogP contribution < -0.4 is 10.1 Å². The number of hydrogen-bond acceptors (Lipinski definition) is 3. The Morgan fingerprint density at radius 3 is 2.29 bits per heavy atom. The number of thiophene rings is 1. The van der Waals surface area contributed by atoms with E-state index in [1.165, 1.54) is 4.88 Å². The van der Waals surface area contributed by atoms with Gasteiger partial charge in [0.25, 0.3) is 0 Å². The third-order valence-electron chi connectivity index (χ3n) is 3.11. The molecule has 3 aromatic rings. The maximum absolute atomic E-state index is 5.77. The zero-order chi connectivity index (χ0) is 14.3. The van der Waals surface area contributed by atoms with E-state index in [1.54, 1.807) is 11.3 Å². The number of para-hydroxylation sites is 1. The van der Waals surface area contributed by atoms with E-state index in [-0.39, 0.29) is 0 Å². The van der Waals surface area contributed by atoms with Gasteiger partial charge < -0.3 is 10.1 Å². The monoisotopic (exact) mass is 295 g/mol. The average molecular weight is 295 g/mol. The highest BCUT2D eigenvalue weighted by Gasteiger charge is 1.98. The molecule has 3 rings (SSSR count). The minimum absolute atomic E-state index is 0.852. The van der Waals surface area contributed by atoms with Crippen molar-refractivity contribution in [1.82, 2.24) is 0 Å². The summed E-state index contributed by atoms with van der Waals surface area (Å²) in [5.74, 6) is 1.71. The van der Waals surface area contributed by atoms with Crippen LogP contribution in [0.1, 0.15) is 4.88 Å². The summed E-state index contributed by atoms with van der Waals surface area (Å²) in [6, 6.07) is 22.2. The van der Waals surface area contributed by atoms with Crippen molar-refractivity contribution in [3.63, 3.8) is 0 Å². The number of ether oxygens (including phenoxy) is 1. The number of rotatable bonds is 6. The molecule has 2 nitrogen and oxygen atoms in total. The first-order valence-electron chi connectivity index (χ1n) is 6.99. The van der Waals surface area contributed by atoms with Crippen molar-refractivity contribution in [1.29, 1.82) is 0 Å². The third kappa shape index (κ3) is 4.10. The van der Waals surface area contributed by atoms with Gasteiger partial charge in [-0.25, -0.2) is 0 Å². The lowest BCUT2D eigenvalue weighted by Gasteiger charge is -2.08. The van der Waals surface area contributed by atoms with Crippen molar-refractivity contribution >= 4 is 17.0 Å². The first kappa shape index (κ1) is 13.7. The largest absolute Gasteiger partial charge is 0.457 e. The van der Waals surface area contributed by atoms with Crippen LogP contribution in [0.25, 0.3) is 0 Å². The molecule has 0 fully saturated rings. The van der Waals surface area contributed by atoms with Gasteiger partial charge in [-0.3, -0.25) is 0 Å². The normalized spacial score (nSPS) is 10.3. The fourth-order valence-electron chi connectivity index (χ4n) is 2.05. The molecule has 1 aromatic heterocycles. The molecule has 3 heteroatoms. The number of anilines is 1. The number of benzene rings is 2.